The maximum Gasteiger partial charge on any atom is 0.0424 e. The molecule has 1 aromatic carbocycles. The van der Waals surface area contributed by atoms with Gasteiger partial charge in [0.25, 0.3) is 0 Å². The van der Waals surface area contributed by atoms with Gasteiger partial charge in [-0.1, -0.05) is 41.9 Å². The van der Waals surface area contributed by atoms with Crippen LogP contribution in [-0.2, 0) is 0 Å². The predicted octanol–water partition coefficient (Wildman–Crippen LogP) is 2.79. The lowest BCUT2D eigenvalue weighted by atomic mass is 10.1. The summed E-state index contributed by atoms with van der Waals surface area (Å²) in [5.41, 5.74) is 7.34. The Morgan fingerprint density at radius 2 is 1.73 bits per heavy atom. The Balaban J connectivity index is 2.60. The zero-order valence-corrected chi connectivity index (χ0v) is 11.0. The number of nitrogens with two attached hydrogens (primary N) is 1. The maximum absolute atomic E-state index is 6.14. The molecule has 1 rings (SSSR count). The third kappa shape index (κ3) is 3.93. The number of hydrogen-bond donors (Lipinski definition) is 1. The lowest BCUT2D eigenvalue weighted by Crippen LogP contribution is -2.31. The number of hydrogen-bond acceptors (Lipinski definition) is 2. The second kappa shape index (κ2) is 6.26. The minimum absolute atomic E-state index is 0.109. The van der Waals surface area contributed by atoms with Crippen molar-refractivity contribution in [3.63, 3.8) is 0 Å². The summed E-state index contributed by atoms with van der Waals surface area (Å²) in [5.74, 6) is 0. The maximum atomic E-state index is 6.14. The van der Waals surface area contributed by atoms with Crippen LogP contribution in [0.3, 0.4) is 0 Å². The summed E-state index contributed by atoms with van der Waals surface area (Å²) in [4.78, 5) is 2.34. The van der Waals surface area contributed by atoms with Gasteiger partial charge in [0.1, 0.15) is 0 Å². The van der Waals surface area contributed by atoms with Crippen LogP contribution < -0.4 is 5.73 Å². The van der Waals surface area contributed by atoms with Crippen molar-refractivity contribution in [3.8, 4) is 0 Å². The second-order valence-corrected chi connectivity index (χ2v) is 4.56. The predicted molar refractivity (Wildman–Crippen MR) is 68.9 cm³/mol. The molecule has 2 nitrogen and oxygen atoms in total. The topological polar surface area (TPSA) is 29.3 Å². The number of benzene rings is 1. The van der Waals surface area contributed by atoms with Crippen molar-refractivity contribution < 1.29 is 0 Å². The van der Waals surface area contributed by atoms with Crippen LogP contribution in [0, 0.1) is 0 Å². The summed E-state index contributed by atoms with van der Waals surface area (Å²) in [6.45, 7) is 7.37. The highest BCUT2D eigenvalue weighted by molar-refractivity contribution is 9.10. The van der Waals surface area contributed by atoms with E-state index < -0.39 is 0 Å². The molecule has 1 unspecified atom stereocenters. The average molecular weight is 271 g/mol. The van der Waals surface area contributed by atoms with Crippen molar-refractivity contribution in [2.75, 3.05) is 19.6 Å². The SMILES string of the molecule is CCN(CC)CC(N)c1ccc(Br)cc1. The molecular weight excluding hydrogens is 252 g/mol. The van der Waals surface area contributed by atoms with E-state index in [2.05, 4.69) is 46.8 Å². The monoisotopic (exact) mass is 270 g/mol. The summed E-state index contributed by atoms with van der Waals surface area (Å²) in [6, 6.07) is 8.35. The molecule has 0 fully saturated rings. The van der Waals surface area contributed by atoms with E-state index in [4.69, 9.17) is 5.73 Å². The van der Waals surface area contributed by atoms with Crippen molar-refractivity contribution in [3.05, 3.63) is 34.3 Å². The van der Waals surface area contributed by atoms with Crippen LogP contribution in [0.25, 0.3) is 0 Å². The van der Waals surface area contributed by atoms with Gasteiger partial charge in [-0.2, -0.15) is 0 Å². The first kappa shape index (κ1) is 12.7. The van der Waals surface area contributed by atoms with E-state index in [1.807, 2.05) is 12.1 Å². The van der Waals surface area contributed by atoms with Gasteiger partial charge in [0.2, 0.25) is 0 Å². The van der Waals surface area contributed by atoms with Gasteiger partial charge in [-0.25, -0.2) is 0 Å². The van der Waals surface area contributed by atoms with Gasteiger partial charge in [-0.3, -0.25) is 0 Å². The fourth-order valence-corrected chi connectivity index (χ4v) is 1.84. The zero-order chi connectivity index (χ0) is 11.3. The van der Waals surface area contributed by atoms with Gasteiger partial charge < -0.3 is 10.6 Å². The van der Waals surface area contributed by atoms with E-state index in [0.29, 0.717) is 0 Å². The molecule has 0 amide bonds. The molecule has 0 radical (unpaired) electrons. The highest BCUT2D eigenvalue weighted by Crippen LogP contribution is 2.16. The summed E-state index contributed by atoms with van der Waals surface area (Å²) < 4.78 is 1.10. The summed E-state index contributed by atoms with van der Waals surface area (Å²) in [5, 5.41) is 0. The van der Waals surface area contributed by atoms with Crippen LogP contribution >= 0.6 is 15.9 Å². The number of likely N-dealkylation sites (N-methyl/N-ethyl adjacent to an activating group) is 1. The second-order valence-electron chi connectivity index (χ2n) is 3.64. The quantitative estimate of drug-likeness (QED) is 0.892. The third-order valence-corrected chi connectivity index (χ3v) is 3.18. The Bertz CT molecular complexity index is 280. The van der Waals surface area contributed by atoms with Crippen molar-refractivity contribution >= 4 is 15.9 Å². The standard InChI is InChI=1S/C12H19BrN2/c1-3-15(4-2)9-12(14)10-5-7-11(13)8-6-10/h5-8,12H,3-4,9,14H2,1-2H3. The van der Waals surface area contributed by atoms with Crippen LogP contribution in [0.4, 0.5) is 0 Å². The largest absolute Gasteiger partial charge is 0.323 e. The fourth-order valence-electron chi connectivity index (χ4n) is 1.58. The number of nitrogens with zero attached hydrogens (tertiary/aromatic N) is 1. The molecule has 0 bridgehead atoms. The molecule has 0 aliphatic carbocycles. The van der Waals surface area contributed by atoms with Gasteiger partial charge in [0.05, 0.1) is 0 Å². The summed E-state index contributed by atoms with van der Waals surface area (Å²) >= 11 is 3.42. The first-order valence-electron chi connectivity index (χ1n) is 5.40. The third-order valence-electron chi connectivity index (χ3n) is 2.65. The molecule has 0 spiro atoms. The lowest BCUT2D eigenvalue weighted by molar-refractivity contribution is 0.284. The molecule has 0 heterocycles. The van der Waals surface area contributed by atoms with Crippen LogP contribution in [0.5, 0.6) is 0 Å². The first-order chi connectivity index (χ1) is 7.17. The van der Waals surface area contributed by atoms with Gasteiger partial charge in [-0.15, -0.1) is 0 Å². The van der Waals surface area contributed by atoms with Gasteiger partial charge in [-0.05, 0) is 30.8 Å². The van der Waals surface area contributed by atoms with Gasteiger partial charge >= 0.3 is 0 Å². The van der Waals surface area contributed by atoms with Gasteiger partial charge in [0.15, 0.2) is 0 Å². The molecule has 2 N–H and O–H groups in total. The summed E-state index contributed by atoms with van der Waals surface area (Å²) in [7, 11) is 0. The Morgan fingerprint density at radius 3 is 2.20 bits per heavy atom. The zero-order valence-electron chi connectivity index (χ0n) is 9.41. The minimum atomic E-state index is 0.109. The van der Waals surface area contributed by atoms with E-state index in [1.165, 1.54) is 5.56 Å². The molecule has 0 aliphatic heterocycles. The molecule has 0 saturated carbocycles. The van der Waals surface area contributed by atoms with Gasteiger partial charge in [0, 0.05) is 17.1 Å². The molecule has 1 atom stereocenters. The van der Waals surface area contributed by atoms with Crippen molar-refractivity contribution in [1.29, 1.82) is 0 Å². The highest BCUT2D eigenvalue weighted by atomic mass is 79.9. The normalized spacial score (nSPS) is 13.1. The minimum Gasteiger partial charge on any atom is -0.323 e. The smallest absolute Gasteiger partial charge is 0.0424 e. The van der Waals surface area contributed by atoms with E-state index in [-0.39, 0.29) is 6.04 Å². The molecule has 0 aliphatic rings. The number of rotatable bonds is 5. The molecule has 0 saturated heterocycles. The first-order valence-corrected chi connectivity index (χ1v) is 6.20. The van der Waals surface area contributed by atoms with E-state index in [1.54, 1.807) is 0 Å². The summed E-state index contributed by atoms with van der Waals surface area (Å²) in [6.07, 6.45) is 0. The Kier molecular flexibility index (Phi) is 5.29. The molecule has 0 aromatic heterocycles. The Morgan fingerprint density at radius 1 is 1.20 bits per heavy atom. The van der Waals surface area contributed by atoms with Crippen molar-refractivity contribution in [1.82, 2.24) is 4.90 Å². The van der Waals surface area contributed by atoms with Crippen molar-refractivity contribution in [2.24, 2.45) is 5.73 Å². The Hall–Kier alpha value is -0.380. The molecule has 3 heteroatoms. The van der Waals surface area contributed by atoms with E-state index >= 15 is 0 Å². The van der Waals surface area contributed by atoms with Crippen LogP contribution in [0.15, 0.2) is 28.7 Å². The Labute approximate surface area is 101 Å². The highest BCUT2D eigenvalue weighted by Gasteiger charge is 2.09. The fraction of sp³-hybridized carbons (Fsp3) is 0.500. The lowest BCUT2D eigenvalue weighted by Gasteiger charge is -2.22. The molecular formula is C12H19BrN2. The molecule has 15 heavy (non-hydrogen) atoms. The average Bonchev–Trinajstić information content (AvgIpc) is 2.26. The van der Waals surface area contributed by atoms with E-state index in [9.17, 15) is 0 Å². The number of halogens is 1. The van der Waals surface area contributed by atoms with Crippen LogP contribution in [-0.4, -0.2) is 24.5 Å². The van der Waals surface area contributed by atoms with Crippen LogP contribution in [0.1, 0.15) is 25.5 Å². The van der Waals surface area contributed by atoms with E-state index in [0.717, 1.165) is 24.1 Å². The van der Waals surface area contributed by atoms with Crippen LogP contribution in [0.2, 0.25) is 0 Å². The van der Waals surface area contributed by atoms with Crippen molar-refractivity contribution in [2.45, 2.75) is 19.9 Å². The molecule has 84 valence electrons. The molecule has 1 aromatic rings.